The SMILES string of the molecule is [CH](CCC1CCNCC1)CN1CCNCC1. The third kappa shape index (κ3) is 4.40. The Labute approximate surface area is 100.0 Å². The maximum atomic E-state index is 3.43. The molecule has 0 bridgehead atoms. The van der Waals surface area contributed by atoms with Crippen LogP contribution in [0.3, 0.4) is 0 Å². The van der Waals surface area contributed by atoms with Gasteiger partial charge in [-0.1, -0.05) is 6.42 Å². The molecule has 0 aliphatic carbocycles. The molecule has 0 aromatic heterocycles. The van der Waals surface area contributed by atoms with Gasteiger partial charge in [-0.05, 0) is 44.7 Å². The second-order valence-corrected chi connectivity index (χ2v) is 5.11. The van der Waals surface area contributed by atoms with Gasteiger partial charge in [-0.2, -0.15) is 0 Å². The fourth-order valence-electron chi connectivity index (χ4n) is 2.69. The largest absolute Gasteiger partial charge is 0.317 e. The van der Waals surface area contributed by atoms with Crippen molar-refractivity contribution < 1.29 is 0 Å². The molecule has 2 saturated heterocycles. The Bertz CT molecular complexity index is 152. The predicted molar refractivity (Wildman–Crippen MR) is 68.4 cm³/mol. The summed E-state index contributed by atoms with van der Waals surface area (Å²) in [5, 5.41) is 6.83. The maximum Gasteiger partial charge on any atom is 0.0107 e. The molecular weight excluding hydrogens is 198 g/mol. The number of unbranched alkanes of at least 4 members (excludes halogenated alkanes) is 1. The summed E-state index contributed by atoms with van der Waals surface area (Å²) in [5.74, 6) is 0.987. The number of piperazine rings is 1. The number of hydrogen-bond acceptors (Lipinski definition) is 3. The molecule has 1 radical (unpaired) electrons. The predicted octanol–water partition coefficient (Wildman–Crippen LogP) is 0.876. The summed E-state index contributed by atoms with van der Waals surface area (Å²) in [6.45, 7) is 8.47. The lowest BCUT2D eigenvalue weighted by atomic mass is 9.92. The van der Waals surface area contributed by atoms with Gasteiger partial charge in [-0.3, -0.25) is 0 Å². The molecule has 2 aliphatic heterocycles. The number of rotatable bonds is 5. The molecule has 0 atom stereocenters. The summed E-state index contributed by atoms with van der Waals surface area (Å²) in [6, 6.07) is 0. The number of nitrogens with one attached hydrogen (secondary N) is 2. The van der Waals surface area contributed by atoms with Gasteiger partial charge in [-0.15, -0.1) is 0 Å². The molecule has 0 saturated carbocycles. The van der Waals surface area contributed by atoms with Gasteiger partial charge in [0.2, 0.25) is 0 Å². The molecule has 0 spiro atoms. The topological polar surface area (TPSA) is 27.3 Å². The monoisotopic (exact) mass is 224 g/mol. The lowest BCUT2D eigenvalue weighted by molar-refractivity contribution is 0.253. The van der Waals surface area contributed by atoms with E-state index in [-0.39, 0.29) is 0 Å². The van der Waals surface area contributed by atoms with Crippen molar-refractivity contribution in [3.8, 4) is 0 Å². The first-order valence-corrected chi connectivity index (χ1v) is 6.90. The molecule has 93 valence electrons. The zero-order valence-corrected chi connectivity index (χ0v) is 10.4. The van der Waals surface area contributed by atoms with Gasteiger partial charge in [0.25, 0.3) is 0 Å². The molecule has 16 heavy (non-hydrogen) atoms. The molecule has 0 unspecified atom stereocenters. The van der Waals surface area contributed by atoms with Crippen LogP contribution >= 0.6 is 0 Å². The fraction of sp³-hybridized carbons (Fsp3) is 0.923. The summed E-state index contributed by atoms with van der Waals surface area (Å²) < 4.78 is 0. The van der Waals surface area contributed by atoms with E-state index in [9.17, 15) is 0 Å². The molecule has 3 nitrogen and oxygen atoms in total. The van der Waals surface area contributed by atoms with Crippen molar-refractivity contribution in [2.45, 2.75) is 25.7 Å². The van der Waals surface area contributed by atoms with Crippen LogP contribution in [0, 0.1) is 12.3 Å². The first-order chi connectivity index (χ1) is 7.95. The zero-order valence-electron chi connectivity index (χ0n) is 10.4. The average Bonchev–Trinajstić information content (AvgIpc) is 2.37. The lowest BCUT2D eigenvalue weighted by Crippen LogP contribution is -2.43. The third-order valence-electron chi connectivity index (χ3n) is 3.83. The van der Waals surface area contributed by atoms with E-state index in [4.69, 9.17) is 0 Å². The summed E-state index contributed by atoms with van der Waals surface area (Å²) in [6.07, 6.45) is 8.00. The Morgan fingerprint density at radius 2 is 1.69 bits per heavy atom. The average molecular weight is 224 g/mol. The van der Waals surface area contributed by atoms with Crippen LogP contribution in [0.25, 0.3) is 0 Å². The molecule has 0 aromatic rings. The Balaban J connectivity index is 1.47. The van der Waals surface area contributed by atoms with Gasteiger partial charge < -0.3 is 15.5 Å². The first-order valence-electron chi connectivity index (χ1n) is 6.90. The standard InChI is InChI=1S/C13H26N3/c1(3-13-4-6-14-7-5-13)2-10-16-11-8-15-9-12-16/h2,13-15H,1,3-12H2. The van der Waals surface area contributed by atoms with Crippen LogP contribution in [-0.2, 0) is 0 Å². The summed E-state index contributed by atoms with van der Waals surface area (Å²) >= 11 is 0. The van der Waals surface area contributed by atoms with Gasteiger partial charge in [-0.25, -0.2) is 0 Å². The van der Waals surface area contributed by atoms with Crippen molar-refractivity contribution in [3.63, 3.8) is 0 Å². The highest BCUT2D eigenvalue weighted by Gasteiger charge is 2.13. The fourth-order valence-corrected chi connectivity index (χ4v) is 2.69. The highest BCUT2D eigenvalue weighted by atomic mass is 15.2. The molecule has 2 aliphatic rings. The van der Waals surface area contributed by atoms with Gasteiger partial charge in [0.15, 0.2) is 0 Å². The first kappa shape index (κ1) is 12.3. The van der Waals surface area contributed by atoms with Crippen molar-refractivity contribution in [2.24, 2.45) is 5.92 Å². The molecular formula is C13H26N3. The highest BCUT2D eigenvalue weighted by Crippen LogP contribution is 2.18. The molecule has 2 fully saturated rings. The van der Waals surface area contributed by atoms with Crippen LogP contribution in [0.4, 0.5) is 0 Å². The second kappa shape index (κ2) is 7.25. The molecule has 0 aromatic carbocycles. The minimum Gasteiger partial charge on any atom is -0.317 e. The van der Waals surface area contributed by atoms with E-state index >= 15 is 0 Å². The number of piperidine rings is 1. The van der Waals surface area contributed by atoms with Crippen LogP contribution in [0.2, 0.25) is 0 Å². The Kier molecular flexibility index (Phi) is 5.59. The van der Waals surface area contributed by atoms with Crippen molar-refractivity contribution in [1.82, 2.24) is 15.5 Å². The number of hydrogen-bond donors (Lipinski definition) is 2. The van der Waals surface area contributed by atoms with E-state index < -0.39 is 0 Å². The van der Waals surface area contributed by atoms with Gasteiger partial charge in [0, 0.05) is 32.7 Å². The lowest BCUT2D eigenvalue weighted by Gasteiger charge is -2.27. The summed E-state index contributed by atoms with van der Waals surface area (Å²) in [7, 11) is 0. The van der Waals surface area contributed by atoms with Gasteiger partial charge in [0.05, 0.1) is 0 Å². The Hall–Kier alpha value is -0.120. The molecule has 2 rings (SSSR count). The molecule has 2 N–H and O–H groups in total. The minimum absolute atomic E-state index is 0.987. The molecule has 3 heteroatoms. The zero-order chi connectivity index (χ0) is 11.1. The van der Waals surface area contributed by atoms with Crippen molar-refractivity contribution in [1.29, 1.82) is 0 Å². The van der Waals surface area contributed by atoms with Crippen LogP contribution in [0.1, 0.15) is 25.7 Å². The maximum absolute atomic E-state index is 3.43. The van der Waals surface area contributed by atoms with E-state index in [1.165, 1.54) is 71.5 Å². The summed E-state index contributed by atoms with van der Waals surface area (Å²) in [5.41, 5.74) is 0. The van der Waals surface area contributed by atoms with Crippen LogP contribution < -0.4 is 10.6 Å². The van der Waals surface area contributed by atoms with E-state index in [0.717, 1.165) is 5.92 Å². The van der Waals surface area contributed by atoms with Crippen molar-refractivity contribution in [2.75, 3.05) is 45.8 Å². The normalized spacial score (nSPS) is 24.8. The van der Waals surface area contributed by atoms with E-state index in [1.54, 1.807) is 0 Å². The summed E-state index contributed by atoms with van der Waals surface area (Å²) in [4.78, 5) is 2.55. The van der Waals surface area contributed by atoms with Crippen molar-refractivity contribution in [3.05, 3.63) is 6.42 Å². The highest BCUT2D eigenvalue weighted by molar-refractivity contribution is 4.77. The minimum atomic E-state index is 0.987. The van der Waals surface area contributed by atoms with E-state index in [1.807, 2.05) is 0 Å². The second-order valence-electron chi connectivity index (χ2n) is 5.11. The quantitative estimate of drug-likeness (QED) is 0.679. The van der Waals surface area contributed by atoms with Crippen LogP contribution in [0.5, 0.6) is 0 Å². The van der Waals surface area contributed by atoms with Crippen LogP contribution in [-0.4, -0.2) is 50.7 Å². The Morgan fingerprint density at radius 3 is 2.44 bits per heavy atom. The Morgan fingerprint density at radius 1 is 1.00 bits per heavy atom. The molecule has 0 amide bonds. The van der Waals surface area contributed by atoms with Gasteiger partial charge in [0.1, 0.15) is 0 Å². The van der Waals surface area contributed by atoms with Crippen LogP contribution in [0.15, 0.2) is 0 Å². The van der Waals surface area contributed by atoms with Gasteiger partial charge >= 0.3 is 0 Å². The smallest absolute Gasteiger partial charge is 0.0107 e. The van der Waals surface area contributed by atoms with E-state index in [2.05, 4.69) is 22.0 Å². The molecule has 2 heterocycles. The third-order valence-corrected chi connectivity index (χ3v) is 3.83. The van der Waals surface area contributed by atoms with E-state index in [0.29, 0.717) is 0 Å². The number of nitrogens with zero attached hydrogens (tertiary/aromatic N) is 1. The van der Waals surface area contributed by atoms with Crippen molar-refractivity contribution >= 4 is 0 Å².